The number of ether oxygens (including phenoxy) is 2. The van der Waals surface area contributed by atoms with Crippen LogP contribution >= 0.6 is 46.4 Å². The molecule has 0 spiro atoms. The SMILES string of the molecule is CCCOC(Cl)=C(Cl)C(Cl)=C(Cl)OCCC. The van der Waals surface area contributed by atoms with Gasteiger partial charge in [-0.05, 0) is 36.0 Å². The molecule has 0 aliphatic carbocycles. The van der Waals surface area contributed by atoms with Crippen LogP contribution in [0.3, 0.4) is 0 Å². The van der Waals surface area contributed by atoms with Crippen molar-refractivity contribution in [2.75, 3.05) is 13.2 Å². The molecule has 2 nitrogen and oxygen atoms in total. The van der Waals surface area contributed by atoms with Crippen molar-refractivity contribution in [3.8, 4) is 0 Å². The molecule has 0 saturated carbocycles. The van der Waals surface area contributed by atoms with Gasteiger partial charge in [0.2, 0.25) is 10.4 Å². The highest BCUT2D eigenvalue weighted by atomic mass is 35.5. The van der Waals surface area contributed by atoms with Crippen molar-refractivity contribution >= 4 is 46.4 Å². The Morgan fingerprint density at radius 2 is 1.06 bits per heavy atom. The van der Waals surface area contributed by atoms with Gasteiger partial charge in [-0.15, -0.1) is 0 Å². The van der Waals surface area contributed by atoms with Gasteiger partial charge in [0.25, 0.3) is 0 Å². The van der Waals surface area contributed by atoms with Crippen LogP contribution in [0, 0.1) is 0 Å². The molecule has 0 heterocycles. The summed E-state index contributed by atoms with van der Waals surface area (Å²) in [6.07, 6.45) is 1.64. The van der Waals surface area contributed by atoms with Crippen molar-refractivity contribution in [1.82, 2.24) is 0 Å². The van der Waals surface area contributed by atoms with Gasteiger partial charge in [0.05, 0.1) is 13.2 Å². The predicted octanol–water partition coefficient (Wildman–Crippen LogP) is 5.13. The Morgan fingerprint density at radius 1 is 0.750 bits per heavy atom. The fourth-order valence-corrected chi connectivity index (χ4v) is 1.40. The Labute approximate surface area is 116 Å². The topological polar surface area (TPSA) is 18.5 Å². The second kappa shape index (κ2) is 9.29. The lowest BCUT2D eigenvalue weighted by Crippen LogP contribution is -1.94. The van der Waals surface area contributed by atoms with Crippen LogP contribution in [0.1, 0.15) is 26.7 Å². The van der Waals surface area contributed by atoms with Crippen LogP contribution in [0.2, 0.25) is 0 Å². The number of hydrogen-bond donors (Lipinski definition) is 0. The Morgan fingerprint density at radius 3 is 1.31 bits per heavy atom. The maximum atomic E-state index is 5.86. The van der Waals surface area contributed by atoms with Gasteiger partial charge in [0, 0.05) is 0 Å². The van der Waals surface area contributed by atoms with Gasteiger partial charge in [-0.1, -0.05) is 37.0 Å². The highest BCUT2D eigenvalue weighted by molar-refractivity contribution is 6.50. The van der Waals surface area contributed by atoms with E-state index in [1.807, 2.05) is 13.8 Å². The predicted molar refractivity (Wildman–Crippen MR) is 70.0 cm³/mol. The lowest BCUT2D eigenvalue weighted by molar-refractivity contribution is 0.231. The monoisotopic (exact) mass is 306 g/mol. The third kappa shape index (κ3) is 6.09. The van der Waals surface area contributed by atoms with E-state index in [1.54, 1.807) is 0 Å². The van der Waals surface area contributed by atoms with Gasteiger partial charge >= 0.3 is 0 Å². The molecule has 6 heteroatoms. The Kier molecular flexibility index (Phi) is 9.43. The molecule has 0 aromatic rings. The van der Waals surface area contributed by atoms with Crippen molar-refractivity contribution in [3.63, 3.8) is 0 Å². The molecule has 0 aliphatic rings. The number of rotatable bonds is 7. The average Bonchev–Trinajstić information content (AvgIpc) is 2.30. The summed E-state index contributed by atoms with van der Waals surface area (Å²) in [5, 5.41) is 0.148. The molecule has 0 aliphatic heterocycles. The molecule has 94 valence electrons. The zero-order valence-corrected chi connectivity index (χ0v) is 12.2. The first-order valence-electron chi connectivity index (χ1n) is 4.91. The Balaban J connectivity index is 4.60. The van der Waals surface area contributed by atoms with E-state index < -0.39 is 0 Å². The minimum atomic E-state index is 0.0202. The molecule has 0 N–H and O–H groups in total. The summed E-state index contributed by atoms with van der Waals surface area (Å²) >= 11 is 23.3. The van der Waals surface area contributed by atoms with E-state index >= 15 is 0 Å². The van der Waals surface area contributed by atoms with Crippen LogP contribution in [0.5, 0.6) is 0 Å². The largest absolute Gasteiger partial charge is 0.482 e. The molecular weight excluding hydrogens is 294 g/mol. The molecule has 0 fully saturated rings. The zero-order chi connectivity index (χ0) is 12.6. The third-order valence-electron chi connectivity index (χ3n) is 1.40. The van der Waals surface area contributed by atoms with Crippen LogP contribution in [0.25, 0.3) is 0 Å². The molecule has 0 unspecified atom stereocenters. The number of allylic oxidation sites excluding steroid dienone is 2. The first kappa shape index (κ1) is 16.2. The maximum Gasteiger partial charge on any atom is 0.207 e. The van der Waals surface area contributed by atoms with Crippen molar-refractivity contribution in [2.45, 2.75) is 26.7 Å². The second-order valence-corrected chi connectivity index (χ2v) is 4.31. The van der Waals surface area contributed by atoms with E-state index in [0.717, 1.165) is 12.8 Å². The molecule has 0 saturated heterocycles. The van der Waals surface area contributed by atoms with Crippen molar-refractivity contribution in [2.24, 2.45) is 0 Å². The van der Waals surface area contributed by atoms with Gasteiger partial charge in [-0.3, -0.25) is 0 Å². The van der Waals surface area contributed by atoms with Gasteiger partial charge in [-0.2, -0.15) is 0 Å². The highest BCUT2D eigenvalue weighted by Gasteiger charge is 2.13. The molecule has 0 radical (unpaired) electrons. The molecule has 0 bridgehead atoms. The van der Waals surface area contributed by atoms with Gasteiger partial charge in [0.15, 0.2) is 0 Å². The van der Waals surface area contributed by atoms with Gasteiger partial charge < -0.3 is 9.47 Å². The molecular formula is C10H14Cl4O2. The van der Waals surface area contributed by atoms with E-state index in [0.29, 0.717) is 13.2 Å². The first-order chi connectivity index (χ1) is 7.54. The quantitative estimate of drug-likeness (QED) is 0.479. The maximum absolute atomic E-state index is 5.86. The molecule has 0 aromatic heterocycles. The Bertz CT molecular complexity index is 246. The number of hydrogen-bond acceptors (Lipinski definition) is 2. The lowest BCUT2D eigenvalue weighted by atomic mass is 10.5. The van der Waals surface area contributed by atoms with E-state index in [1.165, 1.54) is 0 Å². The molecule has 0 atom stereocenters. The van der Waals surface area contributed by atoms with Crippen molar-refractivity contribution in [3.05, 3.63) is 20.5 Å². The lowest BCUT2D eigenvalue weighted by Gasteiger charge is -2.07. The smallest absolute Gasteiger partial charge is 0.207 e. The molecule has 16 heavy (non-hydrogen) atoms. The normalized spacial score (nSPS) is 14.1. The average molecular weight is 308 g/mol. The fraction of sp³-hybridized carbons (Fsp3) is 0.600. The van der Waals surface area contributed by atoms with Crippen LogP contribution in [0.15, 0.2) is 20.5 Å². The van der Waals surface area contributed by atoms with E-state index in [-0.39, 0.29) is 20.5 Å². The van der Waals surface area contributed by atoms with Crippen molar-refractivity contribution < 1.29 is 9.47 Å². The second-order valence-electron chi connectivity index (χ2n) is 2.87. The van der Waals surface area contributed by atoms with E-state index in [4.69, 9.17) is 55.9 Å². The third-order valence-corrected chi connectivity index (χ3v) is 3.01. The zero-order valence-electron chi connectivity index (χ0n) is 9.16. The Hall–Kier alpha value is 0.240. The highest BCUT2D eigenvalue weighted by Crippen LogP contribution is 2.30. The fourth-order valence-electron chi connectivity index (χ4n) is 0.683. The van der Waals surface area contributed by atoms with Gasteiger partial charge in [-0.25, -0.2) is 0 Å². The summed E-state index contributed by atoms with van der Waals surface area (Å²) in [7, 11) is 0. The summed E-state index contributed by atoms with van der Waals surface area (Å²) in [5.74, 6) is 0. The molecule has 0 aromatic carbocycles. The summed E-state index contributed by atoms with van der Waals surface area (Å²) in [6, 6.07) is 0. The first-order valence-corrected chi connectivity index (χ1v) is 6.42. The number of halogens is 4. The van der Waals surface area contributed by atoms with Crippen molar-refractivity contribution in [1.29, 1.82) is 0 Å². The van der Waals surface area contributed by atoms with Crippen LogP contribution in [-0.4, -0.2) is 13.2 Å². The van der Waals surface area contributed by atoms with E-state index in [2.05, 4.69) is 0 Å². The molecule has 0 amide bonds. The summed E-state index contributed by atoms with van der Waals surface area (Å²) in [4.78, 5) is 0. The van der Waals surface area contributed by atoms with E-state index in [9.17, 15) is 0 Å². The summed E-state index contributed by atoms with van der Waals surface area (Å²) in [6.45, 7) is 4.83. The van der Waals surface area contributed by atoms with Crippen LogP contribution in [0.4, 0.5) is 0 Å². The summed E-state index contributed by atoms with van der Waals surface area (Å²) < 4.78 is 10.2. The minimum absolute atomic E-state index is 0.0202. The van der Waals surface area contributed by atoms with Crippen LogP contribution < -0.4 is 0 Å². The minimum Gasteiger partial charge on any atom is -0.482 e. The molecule has 0 rings (SSSR count). The summed E-state index contributed by atoms with van der Waals surface area (Å²) in [5.41, 5.74) is 0. The van der Waals surface area contributed by atoms with Crippen LogP contribution in [-0.2, 0) is 9.47 Å². The standard InChI is InChI=1S/C10H14Cl4O2/c1-3-5-15-9(13)7(11)8(12)10(14)16-6-4-2/h3-6H2,1-2H3. The van der Waals surface area contributed by atoms with Gasteiger partial charge in [0.1, 0.15) is 10.1 Å².